The zero-order valence-electron chi connectivity index (χ0n) is 15.0. The van der Waals surface area contributed by atoms with Crippen molar-refractivity contribution in [3.05, 3.63) is 59.4 Å². The van der Waals surface area contributed by atoms with Crippen LogP contribution >= 0.6 is 0 Å². The second kappa shape index (κ2) is 7.66. The van der Waals surface area contributed by atoms with Crippen LogP contribution in [0.1, 0.15) is 22.3 Å². The van der Waals surface area contributed by atoms with Gasteiger partial charge in [-0.3, -0.25) is 9.52 Å². The monoisotopic (exact) mass is 391 g/mol. The summed E-state index contributed by atoms with van der Waals surface area (Å²) in [5, 5.41) is 0. The maximum atomic E-state index is 13.0. The van der Waals surface area contributed by atoms with Crippen molar-refractivity contribution in [3.8, 4) is 0 Å². The molecule has 3 rings (SSSR count). The molecule has 0 aliphatic carbocycles. The number of aryl methyl sites for hydroxylation is 1. The second-order valence-corrected chi connectivity index (χ2v) is 8.39. The van der Waals surface area contributed by atoms with Gasteiger partial charge in [-0.25, -0.2) is 12.8 Å². The van der Waals surface area contributed by atoms with Crippen molar-refractivity contribution >= 4 is 21.6 Å². The quantitative estimate of drug-likeness (QED) is 0.818. The van der Waals surface area contributed by atoms with Crippen molar-refractivity contribution < 1.29 is 17.6 Å². The van der Waals surface area contributed by atoms with Gasteiger partial charge in [0.1, 0.15) is 5.82 Å². The van der Waals surface area contributed by atoms with E-state index in [0.29, 0.717) is 30.8 Å². The predicted molar refractivity (Wildman–Crippen MR) is 101 cm³/mol. The van der Waals surface area contributed by atoms with Crippen molar-refractivity contribution in [2.75, 3.05) is 24.4 Å². The van der Waals surface area contributed by atoms with Gasteiger partial charge in [0.25, 0.3) is 15.9 Å². The number of halogens is 1. The molecule has 0 spiro atoms. The zero-order valence-corrected chi connectivity index (χ0v) is 15.8. The molecule has 1 saturated heterocycles. The molecule has 2 aromatic carbocycles. The van der Waals surface area contributed by atoms with Crippen LogP contribution in [0.25, 0.3) is 0 Å². The Morgan fingerprint density at radius 3 is 2.59 bits per heavy atom. The van der Waals surface area contributed by atoms with Crippen LogP contribution in [0.15, 0.2) is 47.4 Å². The van der Waals surface area contributed by atoms with Crippen LogP contribution < -0.4 is 10.5 Å². The molecule has 0 aromatic heterocycles. The predicted octanol–water partition coefficient (Wildman–Crippen LogP) is 2.36. The minimum absolute atomic E-state index is 0.0206. The summed E-state index contributed by atoms with van der Waals surface area (Å²) in [5.74, 6) is -0.380. The summed E-state index contributed by atoms with van der Waals surface area (Å²) in [6.45, 7) is 3.39. The number of carbonyl (C=O) groups is 1. The first-order chi connectivity index (χ1) is 12.8. The van der Waals surface area contributed by atoms with E-state index in [9.17, 15) is 17.6 Å². The fraction of sp³-hybridized carbons (Fsp3) is 0.316. The van der Waals surface area contributed by atoms with Gasteiger partial charge in [-0.1, -0.05) is 6.07 Å². The highest BCUT2D eigenvalue weighted by Crippen LogP contribution is 2.23. The van der Waals surface area contributed by atoms with E-state index in [-0.39, 0.29) is 22.4 Å². The smallest absolute Gasteiger partial charge is 0.262 e. The minimum atomic E-state index is -3.92. The highest BCUT2D eigenvalue weighted by molar-refractivity contribution is 7.92. The van der Waals surface area contributed by atoms with Crippen molar-refractivity contribution in [2.45, 2.75) is 18.2 Å². The van der Waals surface area contributed by atoms with Crippen molar-refractivity contribution in [2.24, 2.45) is 11.7 Å². The number of rotatable bonds is 5. The number of nitrogens with one attached hydrogen (secondary N) is 1. The van der Waals surface area contributed by atoms with Gasteiger partial charge in [-0.2, -0.15) is 0 Å². The minimum Gasteiger partial charge on any atom is -0.338 e. The maximum Gasteiger partial charge on any atom is 0.262 e. The van der Waals surface area contributed by atoms with Gasteiger partial charge in [-0.15, -0.1) is 0 Å². The van der Waals surface area contributed by atoms with Gasteiger partial charge in [0.15, 0.2) is 0 Å². The lowest BCUT2D eigenvalue weighted by atomic mass is 10.1. The first-order valence-electron chi connectivity index (χ1n) is 8.68. The van der Waals surface area contributed by atoms with Gasteiger partial charge in [-0.05, 0) is 67.8 Å². The average molecular weight is 391 g/mol. The fourth-order valence-corrected chi connectivity index (χ4v) is 4.47. The number of anilines is 1. The molecule has 1 fully saturated rings. The molecule has 0 radical (unpaired) electrons. The van der Waals surface area contributed by atoms with Crippen molar-refractivity contribution in [3.63, 3.8) is 0 Å². The van der Waals surface area contributed by atoms with Gasteiger partial charge >= 0.3 is 0 Å². The standard InChI is InChI=1S/C19H22FN3O3S/c1-13-2-3-15(19(24)23-9-8-14(11-21)12-23)10-18(13)27(25,26)22-17-6-4-16(20)5-7-17/h2-7,10,14,22H,8-9,11-12,21H2,1H3. The second-order valence-electron chi connectivity index (χ2n) is 6.73. The number of hydrogen-bond donors (Lipinski definition) is 2. The number of sulfonamides is 1. The first-order valence-corrected chi connectivity index (χ1v) is 10.2. The highest BCUT2D eigenvalue weighted by atomic mass is 32.2. The molecule has 27 heavy (non-hydrogen) atoms. The molecular formula is C19H22FN3O3S. The van der Waals surface area contributed by atoms with E-state index < -0.39 is 15.8 Å². The van der Waals surface area contributed by atoms with E-state index in [0.717, 1.165) is 6.42 Å². The maximum absolute atomic E-state index is 13.0. The third-order valence-corrected chi connectivity index (χ3v) is 6.25. The molecule has 1 unspecified atom stereocenters. The Balaban J connectivity index is 1.86. The van der Waals surface area contributed by atoms with Gasteiger partial charge in [0.2, 0.25) is 0 Å². The van der Waals surface area contributed by atoms with Crippen LogP contribution in [0.4, 0.5) is 10.1 Å². The average Bonchev–Trinajstić information content (AvgIpc) is 3.12. The van der Waals surface area contributed by atoms with E-state index in [1.807, 2.05) is 0 Å². The SMILES string of the molecule is Cc1ccc(C(=O)N2CCC(CN)C2)cc1S(=O)(=O)Nc1ccc(F)cc1. The number of amides is 1. The molecule has 6 nitrogen and oxygen atoms in total. The van der Waals surface area contributed by atoms with E-state index in [1.165, 1.54) is 30.3 Å². The van der Waals surface area contributed by atoms with Gasteiger partial charge in [0.05, 0.1) is 4.90 Å². The van der Waals surface area contributed by atoms with Crippen molar-refractivity contribution in [1.82, 2.24) is 4.90 Å². The lowest BCUT2D eigenvalue weighted by Crippen LogP contribution is -2.30. The molecule has 144 valence electrons. The number of nitrogens with two attached hydrogens (primary N) is 1. The topological polar surface area (TPSA) is 92.5 Å². The Morgan fingerprint density at radius 2 is 1.96 bits per heavy atom. The number of benzene rings is 2. The largest absolute Gasteiger partial charge is 0.338 e. The lowest BCUT2D eigenvalue weighted by Gasteiger charge is -2.18. The molecule has 0 saturated carbocycles. The Morgan fingerprint density at radius 1 is 1.26 bits per heavy atom. The molecular weight excluding hydrogens is 369 g/mol. The van der Waals surface area contributed by atoms with Crippen LogP contribution in [0, 0.1) is 18.7 Å². The molecule has 1 aliphatic heterocycles. The van der Waals surface area contributed by atoms with E-state index in [2.05, 4.69) is 4.72 Å². The fourth-order valence-electron chi connectivity index (χ4n) is 3.14. The third kappa shape index (κ3) is 4.28. The molecule has 0 bridgehead atoms. The molecule has 8 heteroatoms. The Bertz CT molecular complexity index is 945. The molecule has 1 amide bonds. The van der Waals surface area contributed by atoms with Crippen LogP contribution in [0.5, 0.6) is 0 Å². The van der Waals surface area contributed by atoms with Crippen molar-refractivity contribution in [1.29, 1.82) is 0 Å². The first kappa shape index (κ1) is 19.3. The third-order valence-electron chi connectivity index (χ3n) is 4.73. The highest BCUT2D eigenvalue weighted by Gasteiger charge is 2.27. The van der Waals surface area contributed by atoms with Gasteiger partial charge in [0, 0.05) is 24.3 Å². The summed E-state index contributed by atoms with van der Waals surface area (Å²) in [6, 6.07) is 9.66. The summed E-state index contributed by atoms with van der Waals surface area (Å²) in [5.41, 5.74) is 6.75. The van der Waals surface area contributed by atoms with Crippen LogP contribution in [0.2, 0.25) is 0 Å². The summed E-state index contributed by atoms with van der Waals surface area (Å²) in [4.78, 5) is 14.4. The summed E-state index contributed by atoms with van der Waals surface area (Å²) >= 11 is 0. The van der Waals surface area contributed by atoms with Crippen LogP contribution in [-0.4, -0.2) is 38.9 Å². The number of hydrogen-bond acceptors (Lipinski definition) is 4. The number of nitrogens with zero attached hydrogens (tertiary/aromatic N) is 1. The molecule has 1 aliphatic rings. The van der Waals surface area contributed by atoms with Crippen LogP contribution in [-0.2, 0) is 10.0 Å². The Labute approximate surface area is 158 Å². The molecule has 1 heterocycles. The lowest BCUT2D eigenvalue weighted by molar-refractivity contribution is 0.0787. The Kier molecular flexibility index (Phi) is 5.48. The summed E-state index contributed by atoms with van der Waals surface area (Å²) < 4.78 is 41.0. The summed E-state index contributed by atoms with van der Waals surface area (Å²) in [7, 11) is -3.92. The number of carbonyl (C=O) groups excluding carboxylic acids is 1. The zero-order chi connectivity index (χ0) is 19.6. The van der Waals surface area contributed by atoms with E-state index in [1.54, 1.807) is 24.0 Å². The van der Waals surface area contributed by atoms with Crippen LogP contribution in [0.3, 0.4) is 0 Å². The van der Waals surface area contributed by atoms with E-state index in [4.69, 9.17) is 5.73 Å². The number of likely N-dealkylation sites (tertiary alicyclic amines) is 1. The van der Waals surface area contributed by atoms with Gasteiger partial charge < -0.3 is 10.6 Å². The molecule has 2 aromatic rings. The van der Waals surface area contributed by atoms with E-state index >= 15 is 0 Å². The Hall–Kier alpha value is -2.45. The molecule has 3 N–H and O–H groups in total. The molecule has 1 atom stereocenters. The normalized spacial score (nSPS) is 17.1. The summed E-state index contributed by atoms with van der Waals surface area (Å²) in [6.07, 6.45) is 0.853.